The molecule has 1 aromatic rings. The lowest BCUT2D eigenvalue weighted by atomic mass is 9.94. The van der Waals surface area contributed by atoms with Gasteiger partial charge in [-0.1, -0.05) is 43.3 Å². The molecule has 4 rings (SSSR count). The number of ether oxygens (including phenoxy) is 5. The molecule has 29 heavy (non-hydrogen) atoms. The fourth-order valence-corrected chi connectivity index (χ4v) is 4.52. The summed E-state index contributed by atoms with van der Waals surface area (Å²) in [5, 5.41) is 0. The molecule has 1 spiro atoms. The molecule has 5 heteroatoms. The normalized spacial score (nSPS) is 29.0. The molecule has 5 nitrogen and oxygen atoms in total. The lowest BCUT2D eigenvalue weighted by molar-refractivity contribution is -0.189. The fraction of sp³-hybridized carbons (Fsp3) is 0.667. The summed E-state index contributed by atoms with van der Waals surface area (Å²) in [5.41, 5.74) is 1.19. The quantitative estimate of drug-likeness (QED) is 0.464. The summed E-state index contributed by atoms with van der Waals surface area (Å²) in [6.07, 6.45) is 8.21. The molecule has 0 aromatic heterocycles. The van der Waals surface area contributed by atoms with Gasteiger partial charge in [-0.25, -0.2) is 0 Å². The van der Waals surface area contributed by atoms with Gasteiger partial charge in [0, 0.05) is 32.5 Å². The number of rotatable bonds is 8. The van der Waals surface area contributed by atoms with Gasteiger partial charge < -0.3 is 23.7 Å². The van der Waals surface area contributed by atoms with Crippen molar-refractivity contribution in [1.82, 2.24) is 0 Å². The third-order valence-electron chi connectivity index (χ3n) is 6.17. The van der Waals surface area contributed by atoms with Gasteiger partial charge in [0.1, 0.15) is 18.0 Å². The van der Waals surface area contributed by atoms with Gasteiger partial charge in [-0.05, 0) is 31.2 Å². The highest BCUT2D eigenvalue weighted by molar-refractivity contribution is 5.13. The first kappa shape index (κ1) is 20.9. The highest BCUT2D eigenvalue weighted by Gasteiger charge is 2.44. The molecule has 2 saturated heterocycles. The maximum absolute atomic E-state index is 6.26. The molecule has 2 aliphatic heterocycles. The van der Waals surface area contributed by atoms with Crippen LogP contribution in [0.2, 0.25) is 0 Å². The van der Waals surface area contributed by atoms with Crippen molar-refractivity contribution >= 4 is 0 Å². The SMILES string of the molecule is C=C(O[C@@H]1CCCO[C@H]1CCOCc1ccccc1)[C@H]1COC2(CCCCC2)O1. The third-order valence-corrected chi connectivity index (χ3v) is 6.17. The Labute approximate surface area is 174 Å². The molecule has 1 saturated carbocycles. The molecule has 0 bridgehead atoms. The molecule has 0 N–H and O–H groups in total. The van der Waals surface area contributed by atoms with Gasteiger partial charge in [-0.3, -0.25) is 0 Å². The van der Waals surface area contributed by atoms with Gasteiger partial charge in [0.2, 0.25) is 0 Å². The molecular formula is C24H34O5. The smallest absolute Gasteiger partial charge is 0.169 e. The second kappa shape index (κ2) is 10.1. The lowest BCUT2D eigenvalue weighted by Crippen LogP contribution is -2.38. The average molecular weight is 403 g/mol. The zero-order valence-corrected chi connectivity index (χ0v) is 17.4. The second-order valence-corrected chi connectivity index (χ2v) is 8.39. The Kier molecular flexibility index (Phi) is 7.24. The first-order valence-corrected chi connectivity index (χ1v) is 11.1. The van der Waals surface area contributed by atoms with Gasteiger partial charge in [-0.2, -0.15) is 0 Å². The van der Waals surface area contributed by atoms with Crippen LogP contribution in [0.5, 0.6) is 0 Å². The molecule has 0 unspecified atom stereocenters. The van der Waals surface area contributed by atoms with Crippen LogP contribution in [0.1, 0.15) is 56.9 Å². The Hall–Kier alpha value is -1.40. The minimum atomic E-state index is -0.400. The van der Waals surface area contributed by atoms with Crippen molar-refractivity contribution in [2.24, 2.45) is 0 Å². The van der Waals surface area contributed by atoms with Crippen LogP contribution in [0.15, 0.2) is 42.7 Å². The van der Waals surface area contributed by atoms with E-state index in [2.05, 4.69) is 18.7 Å². The highest BCUT2D eigenvalue weighted by Crippen LogP contribution is 2.39. The number of hydrogen-bond acceptors (Lipinski definition) is 5. The Morgan fingerprint density at radius 1 is 1.10 bits per heavy atom. The van der Waals surface area contributed by atoms with Crippen LogP contribution in [0, 0.1) is 0 Å². The minimum Gasteiger partial charge on any atom is -0.490 e. The van der Waals surface area contributed by atoms with Crippen molar-refractivity contribution in [2.45, 2.75) is 82.1 Å². The van der Waals surface area contributed by atoms with Crippen LogP contribution < -0.4 is 0 Å². The Morgan fingerprint density at radius 2 is 1.93 bits per heavy atom. The summed E-state index contributed by atoms with van der Waals surface area (Å²) in [7, 11) is 0. The zero-order chi connectivity index (χ0) is 19.9. The standard InChI is InChI=1S/C24H34O5/c1-19(23-18-27-24(29-23)13-6-3-7-14-24)28-22-11-8-15-26-21(22)12-16-25-17-20-9-4-2-5-10-20/h2,4-5,9-10,21-23H,1,3,6-8,11-18H2/t21-,22+,23+/m0/s1. The van der Waals surface area contributed by atoms with E-state index in [0.29, 0.717) is 25.6 Å². The van der Waals surface area contributed by atoms with Crippen molar-refractivity contribution in [3.8, 4) is 0 Å². The lowest BCUT2D eigenvalue weighted by Gasteiger charge is -2.34. The molecular weight excluding hydrogens is 368 g/mol. The van der Waals surface area contributed by atoms with E-state index in [1.165, 1.54) is 24.8 Å². The van der Waals surface area contributed by atoms with Gasteiger partial charge in [0.25, 0.3) is 0 Å². The predicted octanol–water partition coefficient (Wildman–Crippen LogP) is 4.75. The molecule has 1 aliphatic carbocycles. The van der Waals surface area contributed by atoms with E-state index < -0.39 is 5.79 Å². The maximum atomic E-state index is 6.26. The molecule has 3 fully saturated rings. The van der Waals surface area contributed by atoms with E-state index >= 15 is 0 Å². The van der Waals surface area contributed by atoms with E-state index in [0.717, 1.165) is 38.7 Å². The van der Waals surface area contributed by atoms with Crippen molar-refractivity contribution < 1.29 is 23.7 Å². The Morgan fingerprint density at radius 3 is 2.76 bits per heavy atom. The summed E-state index contributed by atoms with van der Waals surface area (Å²) in [5.74, 6) is 0.279. The van der Waals surface area contributed by atoms with Crippen molar-refractivity contribution in [1.29, 1.82) is 0 Å². The van der Waals surface area contributed by atoms with Crippen LogP contribution in [0.25, 0.3) is 0 Å². The van der Waals surface area contributed by atoms with Gasteiger partial charge in [0.05, 0.1) is 19.3 Å². The largest absolute Gasteiger partial charge is 0.490 e. The molecule has 0 radical (unpaired) electrons. The van der Waals surface area contributed by atoms with Gasteiger partial charge in [-0.15, -0.1) is 0 Å². The van der Waals surface area contributed by atoms with E-state index in [4.69, 9.17) is 23.7 Å². The van der Waals surface area contributed by atoms with Crippen molar-refractivity contribution in [3.63, 3.8) is 0 Å². The van der Waals surface area contributed by atoms with Crippen LogP contribution in [0.4, 0.5) is 0 Å². The van der Waals surface area contributed by atoms with Crippen LogP contribution in [-0.2, 0) is 30.3 Å². The van der Waals surface area contributed by atoms with Crippen LogP contribution in [0.3, 0.4) is 0 Å². The van der Waals surface area contributed by atoms with Crippen LogP contribution in [-0.4, -0.2) is 43.9 Å². The Bertz CT molecular complexity index is 640. The van der Waals surface area contributed by atoms with Crippen LogP contribution >= 0.6 is 0 Å². The summed E-state index contributed by atoms with van der Waals surface area (Å²) >= 11 is 0. The first-order chi connectivity index (χ1) is 14.2. The van der Waals surface area contributed by atoms with E-state index in [1.54, 1.807) is 0 Å². The topological polar surface area (TPSA) is 46.2 Å². The predicted molar refractivity (Wildman–Crippen MR) is 110 cm³/mol. The monoisotopic (exact) mass is 402 g/mol. The van der Waals surface area contributed by atoms with Crippen molar-refractivity contribution in [2.75, 3.05) is 19.8 Å². The number of benzene rings is 1. The average Bonchev–Trinajstić information content (AvgIpc) is 3.17. The number of hydrogen-bond donors (Lipinski definition) is 0. The maximum Gasteiger partial charge on any atom is 0.169 e. The van der Waals surface area contributed by atoms with Gasteiger partial charge in [0.15, 0.2) is 5.79 Å². The highest BCUT2D eigenvalue weighted by atomic mass is 16.8. The molecule has 0 amide bonds. The summed E-state index contributed by atoms with van der Waals surface area (Å²) in [6.45, 7) is 6.76. The zero-order valence-electron chi connectivity index (χ0n) is 17.4. The first-order valence-electron chi connectivity index (χ1n) is 11.1. The third kappa shape index (κ3) is 5.60. The molecule has 3 aliphatic rings. The van der Waals surface area contributed by atoms with E-state index in [-0.39, 0.29) is 18.3 Å². The van der Waals surface area contributed by atoms with Gasteiger partial charge >= 0.3 is 0 Å². The van der Waals surface area contributed by atoms with E-state index in [1.807, 2.05) is 18.2 Å². The molecule has 3 atom stereocenters. The summed E-state index contributed by atoms with van der Waals surface area (Å²) in [6, 6.07) is 10.2. The Balaban J connectivity index is 1.22. The van der Waals surface area contributed by atoms with E-state index in [9.17, 15) is 0 Å². The summed E-state index contributed by atoms with van der Waals surface area (Å²) in [4.78, 5) is 0. The summed E-state index contributed by atoms with van der Waals surface area (Å²) < 4.78 is 30.4. The van der Waals surface area contributed by atoms with Crippen molar-refractivity contribution in [3.05, 3.63) is 48.2 Å². The molecule has 160 valence electrons. The molecule has 2 heterocycles. The second-order valence-electron chi connectivity index (χ2n) is 8.39. The molecule has 1 aromatic carbocycles. The fourth-order valence-electron chi connectivity index (χ4n) is 4.52. The minimum absolute atomic E-state index is 0.00285.